The number of hydrogen-bond acceptors (Lipinski definition) is 5. The topological polar surface area (TPSA) is 82.1 Å². The number of rotatable bonds is 23. The summed E-state index contributed by atoms with van der Waals surface area (Å²) >= 11 is 0. The van der Waals surface area contributed by atoms with Crippen molar-refractivity contribution in [3.63, 3.8) is 0 Å². The molecule has 0 unspecified atom stereocenters. The summed E-state index contributed by atoms with van der Waals surface area (Å²) in [5.41, 5.74) is 0. The van der Waals surface area contributed by atoms with Gasteiger partial charge in [-0.3, -0.25) is 4.55 Å². The van der Waals surface area contributed by atoms with Crippen LogP contribution < -0.4 is 0 Å². The molecule has 1 saturated heterocycles. The first kappa shape index (κ1) is 31.8. The zero-order valence-electron chi connectivity index (χ0n) is 22.4. The monoisotopic (exact) mass is 506 g/mol. The molecule has 0 saturated carbocycles. The van der Waals surface area contributed by atoms with Gasteiger partial charge in [0.05, 0.1) is 18.8 Å². The Morgan fingerprint density at radius 2 is 1.06 bits per heavy atom. The van der Waals surface area contributed by atoms with Crippen molar-refractivity contribution >= 4 is 10.4 Å². The molecular formula is C27H54O6S. The summed E-state index contributed by atoms with van der Waals surface area (Å²) in [6, 6.07) is 0. The van der Waals surface area contributed by atoms with Crippen LogP contribution in [0.4, 0.5) is 0 Å². The molecule has 0 aromatic carbocycles. The normalized spacial score (nSPS) is 20.2. The molecule has 1 aliphatic heterocycles. The van der Waals surface area contributed by atoms with E-state index in [4.69, 9.17) is 14.0 Å². The Bertz CT molecular complexity index is 572. The minimum absolute atomic E-state index is 0.0593. The van der Waals surface area contributed by atoms with Gasteiger partial charge in [-0.05, 0) is 32.1 Å². The van der Waals surface area contributed by atoms with E-state index in [1.807, 2.05) is 0 Å². The zero-order valence-corrected chi connectivity index (χ0v) is 23.2. The van der Waals surface area contributed by atoms with Crippen LogP contribution >= 0.6 is 0 Å². The van der Waals surface area contributed by atoms with Gasteiger partial charge in [0.1, 0.15) is 0 Å². The SMILES string of the molecule is CCCCCCCC[C@@H]1OC(CCCC)(CCCC)O[C@H]1CCCCCCCCOS(=O)(=O)O. The second kappa shape index (κ2) is 19.0. The summed E-state index contributed by atoms with van der Waals surface area (Å²) in [7, 11) is -4.30. The summed E-state index contributed by atoms with van der Waals surface area (Å²) in [5.74, 6) is -0.364. The van der Waals surface area contributed by atoms with E-state index in [1.54, 1.807) is 0 Å². The van der Waals surface area contributed by atoms with Crippen LogP contribution in [0.5, 0.6) is 0 Å². The molecule has 0 radical (unpaired) electrons. The van der Waals surface area contributed by atoms with Crippen molar-refractivity contribution in [1.82, 2.24) is 0 Å². The highest BCUT2D eigenvalue weighted by atomic mass is 32.3. The second-order valence-electron chi connectivity index (χ2n) is 10.1. The molecule has 0 aromatic rings. The smallest absolute Gasteiger partial charge is 0.344 e. The van der Waals surface area contributed by atoms with Crippen LogP contribution in [0.15, 0.2) is 0 Å². The van der Waals surface area contributed by atoms with E-state index in [9.17, 15) is 8.42 Å². The first-order valence-electron chi connectivity index (χ1n) is 14.3. The van der Waals surface area contributed by atoms with E-state index < -0.39 is 10.4 Å². The molecule has 6 nitrogen and oxygen atoms in total. The fourth-order valence-corrected chi connectivity index (χ4v) is 5.25. The predicted octanol–water partition coefficient (Wildman–Crippen LogP) is 8.15. The maximum Gasteiger partial charge on any atom is 0.397 e. The summed E-state index contributed by atoms with van der Waals surface area (Å²) in [6.45, 7) is 6.80. The summed E-state index contributed by atoms with van der Waals surface area (Å²) in [6.07, 6.45) is 23.2. The highest BCUT2D eigenvalue weighted by Crippen LogP contribution is 2.40. The van der Waals surface area contributed by atoms with Crippen molar-refractivity contribution in [2.45, 2.75) is 167 Å². The average Bonchev–Trinajstić information content (AvgIpc) is 3.14. The Balaban J connectivity index is 2.44. The Morgan fingerprint density at radius 1 is 0.647 bits per heavy atom. The third-order valence-electron chi connectivity index (χ3n) is 6.93. The number of ether oxygens (including phenoxy) is 2. The van der Waals surface area contributed by atoms with Crippen molar-refractivity contribution in [3.8, 4) is 0 Å². The van der Waals surface area contributed by atoms with Gasteiger partial charge in [-0.15, -0.1) is 0 Å². The Kier molecular flexibility index (Phi) is 17.8. The molecule has 2 atom stereocenters. The van der Waals surface area contributed by atoms with E-state index in [0.29, 0.717) is 6.42 Å². The molecule has 1 aliphatic rings. The standard InChI is InChI=1S/C27H54O6S/c1-4-7-10-11-14-17-20-25-26(33-27(32-25,22-8-5-2)23-9-6-3)21-18-15-12-13-16-19-24-31-34(28,29)30/h25-26H,4-24H2,1-3H3,(H,28,29,30)/t25-,26-/m0/s1. The van der Waals surface area contributed by atoms with Gasteiger partial charge < -0.3 is 9.47 Å². The molecule has 0 bridgehead atoms. The molecule has 34 heavy (non-hydrogen) atoms. The molecule has 1 rings (SSSR count). The van der Waals surface area contributed by atoms with Gasteiger partial charge >= 0.3 is 10.4 Å². The van der Waals surface area contributed by atoms with Gasteiger partial charge in [0.25, 0.3) is 0 Å². The van der Waals surface area contributed by atoms with Crippen LogP contribution in [-0.4, -0.2) is 37.6 Å². The number of unbranched alkanes of at least 4 members (excludes halogenated alkanes) is 12. The lowest BCUT2D eigenvalue weighted by Gasteiger charge is -2.28. The molecule has 1 fully saturated rings. The minimum atomic E-state index is -4.30. The molecule has 204 valence electrons. The second-order valence-corrected chi connectivity index (χ2v) is 11.2. The molecular weight excluding hydrogens is 452 g/mol. The molecule has 1 N–H and O–H groups in total. The highest BCUT2D eigenvalue weighted by Gasteiger charge is 2.45. The minimum Gasteiger partial charge on any atom is -0.344 e. The van der Waals surface area contributed by atoms with Crippen molar-refractivity contribution < 1.29 is 26.6 Å². The lowest BCUT2D eigenvalue weighted by atomic mass is 9.99. The Labute approximate surface area is 210 Å². The van der Waals surface area contributed by atoms with E-state index in [0.717, 1.165) is 70.6 Å². The van der Waals surface area contributed by atoms with Crippen molar-refractivity contribution in [2.24, 2.45) is 0 Å². The lowest BCUT2D eigenvalue weighted by Crippen LogP contribution is -2.31. The van der Waals surface area contributed by atoms with E-state index in [1.165, 1.54) is 51.4 Å². The molecule has 7 heteroatoms. The van der Waals surface area contributed by atoms with E-state index in [2.05, 4.69) is 25.0 Å². The van der Waals surface area contributed by atoms with E-state index in [-0.39, 0.29) is 24.6 Å². The van der Waals surface area contributed by atoms with Gasteiger partial charge in [-0.1, -0.05) is 104 Å². The van der Waals surface area contributed by atoms with Crippen LogP contribution in [0.1, 0.15) is 149 Å². The molecule has 0 spiro atoms. The first-order valence-corrected chi connectivity index (χ1v) is 15.7. The van der Waals surface area contributed by atoms with Gasteiger partial charge in [0, 0.05) is 12.8 Å². The maximum atomic E-state index is 10.6. The Hall–Kier alpha value is -0.210. The van der Waals surface area contributed by atoms with Crippen LogP contribution in [0.3, 0.4) is 0 Å². The first-order chi connectivity index (χ1) is 16.4. The highest BCUT2D eigenvalue weighted by molar-refractivity contribution is 7.80. The fraction of sp³-hybridized carbons (Fsp3) is 1.00. The summed E-state index contributed by atoms with van der Waals surface area (Å²) < 4.78 is 47.5. The Morgan fingerprint density at radius 3 is 1.50 bits per heavy atom. The van der Waals surface area contributed by atoms with Crippen LogP contribution in [0.2, 0.25) is 0 Å². The average molecular weight is 507 g/mol. The van der Waals surface area contributed by atoms with Crippen molar-refractivity contribution in [2.75, 3.05) is 6.61 Å². The van der Waals surface area contributed by atoms with Gasteiger partial charge in [-0.2, -0.15) is 8.42 Å². The zero-order chi connectivity index (χ0) is 25.1. The molecule has 0 aliphatic carbocycles. The van der Waals surface area contributed by atoms with E-state index >= 15 is 0 Å². The summed E-state index contributed by atoms with van der Waals surface area (Å²) in [5, 5.41) is 0. The van der Waals surface area contributed by atoms with Gasteiger partial charge in [0.15, 0.2) is 5.79 Å². The summed E-state index contributed by atoms with van der Waals surface area (Å²) in [4.78, 5) is 0. The fourth-order valence-electron chi connectivity index (χ4n) is 4.92. The van der Waals surface area contributed by atoms with Crippen LogP contribution in [0.25, 0.3) is 0 Å². The van der Waals surface area contributed by atoms with Crippen LogP contribution in [-0.2, 0) is 24.1 Å². The third-order valence-corrected chi connectivity index (χ3v) is 7.39. The number of hydrogen-bond donors (Lipinski definition) is 1. The van der Waals surface area contributed by atoms with Crippen LogP contribution in [0, 0.1) is 0 Å². The predicted molar refractivity (Wildman–Crippen MR) is 139 cm³/mol. The van der Waals surface area contributed by atoms with Crippen molar-refractivity contribution in [3.05, 3.63) is 0 Å². The van der Waals surface area contributed by atoms with Gasteiger partial charge in [-0.25, -0.2) is 4.18 Å². The molecule has 0 amide bonds. The lowest BCUT2D eigenvalue weighted by molar-refractivity contribution is -0.187. The third kappa shape index (κ3) is 15.0. The molecule has 0 aromatic heterocycles. The van der Waals surface area contributed by atoms with Crippen molar-refractivity contribution in [1.29, 1.82) is 0 Å². The van der Waals surface area contributed by atoms with Gasteiger partial charge in [0.2, 0.25) is 0 Å². The molecule has 1 heterocycles. The largest absolute Gasteiger partial charge is 0.397 e. The quantitative estimate of drug-likeness (QED) is 0.111. The maximum absolute atomic E-state index is 10.6.